The van der Waals surface area contributed by atoms with Crippen LogP contribution in [-0.2, 0) is 11.2 Å². The zero-order chi connectivity index (χ0) is 18.4. The maximum absolute atomic E-state index is 12.9. The van der Waals surface area contributed by atoms with Gasteiger partial charge in [-0.1, -0.05) is 36.8 Å². The lowest BCUT2D eigenvalue weighted by atomic mass is 10.0. The topological polar surface area (TPSA) is 97.4 Å². The van der Waals surface area contributed by atoms with E-state index < -0.39 is 11.9 Å². The Morgan fingerprint density at radius 1 is 1.15 bits per heavy atom. The van der Waals surface area contributed by atoms with Crippen LogP contribution in [0.3, 0.4) is 0 Å². The van der Waals surface area contributed by atoms with Gasteiger partial charge in [-0.2, -0.15) is 0 Å². The van der Waals surface area contributed by atoms with Crippen LogP contribution >= 0.6 is 0 Å². The van der Waals surface area contributed by atoms with Crippen LogP contribution in [0.4, 0.5) is 0 Å². The van der Waals surface area contributed by atoms with Gasteiger partial charge in [0.2, 0.25) is 5.91 Å². The third kappa shape index (κ3) is 4.52. The standard InChI is InChI=1S/C20H25N3O3/c21-13-15-8-4-9-16(15)22-19(24)17(12-14-6-2-1-3-7-14)23-20(25)18-10-5-11-26-18/h1-3,5-7,10-11,15-17H,4,8-9,12-13,21H2,(H,22,24)(H,23,25). The predicted octanol–water partition coefficient (Wildman–Crippen LogP) is 1.86. The van der Waals surface area contributed by atoms with Gasteiger partial charge < -0.3 is 20.8 Å². The molecule has 1 aromatic heterocycles. The highest BCUT2D eigenvalue weighted by atomic mass is 16.3. The van der Waals surface area contributed by atoms with Crippen molar-refractivity contribution in [1.29, 1.82) is 0 Å². The van der Waals surface area contributed by atoms with Crippen LogP contribution in [-0.4, -0.2) is 30.4 Å². The van der Waals surface area contributed by atoms with E-state index in [1.165, 1.54) is 6.26 Å². The van der Waals surface area contributed by atoms with E-state index in [2.05, 4.69) is 10.6 Å². The summed E-state index contributed by atoms with van der Waals surface area (Å²) in [5.74, 6) is -0.0827. The summed E-state index contributed by atoms with van der Waals surface area (Å²) in [5.41, 5.74) is 6.79. The molecular formula is C20H25N3O3. The number of hydrogen-bond acceptors (Lipinski definition) is 4. The van der Waals surface area contributed by atoms with E-state index in [4.69, 9.17) is 10.2 Å². The number of furan rings is 1. The van der Waals surface area contributed by atoms with E-state index in [1.54, 1.807) is 12.1 Å². The lowest BCUT2D eigenvalue weighted by molar-refractivity contribution is -0.123. The number of amides is 2. The largest absolute Gasteiger partial charge is 0.459 e. The van der Waals surface area contributed by atoms with Gasteiger partial charge >= 0.3 is 0 Å². The SMILES string of the molecule is NCC1CCCC1NC(=O)C(Cc1ccccc1)NC(=O)c1ccco1. The Bertz CT molecular complexity index is 715. The third-order valence-electron chi connectivity index (χ3n) is 4.94. The molecule has 1 heterocycles. The zero-order valence-electron chi connectivity index (χ0n) is 14.7. The van der Waals surface area contributed by atoms with Gasteiger partial charge in [0.15, 0.2) is 5.76 Å². The van der Waals surface area contributed by atoms with Crippen molar-refractivity contribution in [2.75, 3.05) is 6.54 Å². The first-order valence-corrected chi connectivity index (χ1v) is 9.06. The van der Waals surface area contributed by atoms with Crippen molar-refractivity contribution < 1.29 is 14.0 Å². The normalized spacial score (nSPS) is 20.5. The van der Waals surface area contributed by atoms with Gasteiger partial charge in [-0.3, -0.25) is 9.59 Å². The fourth-order valence-corrected chi connectivity index (χ4v) is 3.49. The Morgan fingerprint density at radius 2 is 1.96 bits per heavy atom. The van der Waals surface area contributed by atoms with E-state index >= 15 is 0 Å². The quantitative estimate of drug-likeness (QED) is 0.706. The summed E-state index contributed by atoms with van der Waals surface area (Å²) in [4.78, 5) is 25.2. The summed E-state index contributed by atoms with van der Waals surface area (Å²) in [7, 11) is 0. The highest BCUT2D eigenvalue weighted by molar-refractivity contribution is 5.95. The first-order chi connectivity index (χ1) is 12.7. The van der Waals surface area contributed by atoms with E-state index in [9.17, 15) is 9.59 Å². The van der Waals surface area contributed by atoms with Gasteiger partial charge in [0, 0.05) is 12.5 Å². The van der Waals surface area contributed by atoms with Crippen molar-refractivity contribution >= 4 is 11.8 Å². The van der Waals surface area contributed by atoms with Crippen molar-refractivity contribution in [3.05, 3.63) is 60.1 Å². The fraction of sp³-hybridized carbons (Fsp3) is 0.400. The molecular weight excluding hydrogens is 330 g/mol. The molecule has 0 radical (unpaired) electrons. The highest BCUT2D eigenvalue weighted by Crippen LogP contribution is 2.24. The maximum Gasteiger partial charge on any atom is 0.287 e. The van der Waals surface area contributed by atoms with Crippen LogP contribution in [0.1, 0.15) is 35.4 Å². The lowest BCUT2D eigenvalue weighted by Gasteiger charge is -2.24. The first kappa shape index (κ1) is 18.2. The predicted molar refractivity (Wildman–Crippen MR) is 98.4 cm³/mol. The minimum Gasteiger partial charge on any atom is -0.459 e. The van der Waals surface area contributed by atoms with Crippen molar-refractivity contribution in [2.24, 2.45) is 11.7 Å². The van der Waals surface area contributed by atoms with Crippen molar-refractivity contribution in [3.8, 4) is 0 Å². The molecule has 1 aliphatic rings. The minimum absolute atomic E-state index is 0.0753. The number of carbonyl (C=O) groups excluding carboxylic acids is 2. The molecule has 0 aliphatic heterocycles. The molecule has 1 aliphatic carbocycles. The third-order valence-corrected chi connectivity index (χ3v) is 4.94. The van der Waals surface area contributed by atoms with Gasteiger partial charge in [-0.05, 0) is 43.0 Å². The van der Waals surface area contributed by atoms with Crippen LogP contribution in [0.25, 0.3) is 0 Å². The lowest BCUT2D eigenvalue weighted by Crippen LogP contribution is -2.52. The number of hydrogen-bond donors (Lipinski definition) is 3. The van der Waals surface area contributed by atoms with Crippen LogP contribution in [0.5, 0.6) is 0 Å². The van der Waals surface area contributed by atoms with Crippen LogP contribution in [0.15, 0.2) is 53.1 Å². The zero-order valence-corrected chi connectivity index (χ0v) is 14.7. The smallest absolute Gasteiger partial charge is 0.287 e. The molecule has 0 bridgehead atoms. The first-order valence-electron chi connectivity index (χ1n) is 9.06. The van der Waals surface area contributed by atoms with Gasteiger partial charge in [0.1, 0.15) is 6.04 Å². The second-order valence-electron chi connectivity index (χ2n) is 6.73. The fourth-order valence-electron chi connectivity index (χ4n) is 3.49. The van der Waals surface area contributed by atoms with Gasteiger partial charge in [0.05, 0.1) is 6.26 Å². The van der Waals surface area contributed by atoms with Crippen LogP contribution in [0, 0.1) is 5.92 Å². The molecule has 1 aromatic carbocycles. The molecule has 2 amide bonds. The second-order valence-corrected chi connectivity index (χ2v) is 6.73. The van der Waals surface area contributed by atoms with Gasteiger partial charge in [-0.25, -0.2) is 0 Å². The average Bonchev–Trinajstić information content (AvgIpc) is 3.33. The van der Waals surface area contributed by atoms with Crippen molar-refractivity contribution in [2.45, 2.75) is 37.8 Å². The van der Waals surface area contributed by atoms with E-state index in [-0.39, 0.29) is 17.7 Å². The Kier molecular flexibility index (Phi) is 6.07. The van der Waals surface area contributed by atoms with Crippen LogP contribution in [0.2, 0.25) is 0 Å². The maximum atomic E-state index is 12.9. The number of carbonyl (C=O) groups is 2. The molecule has 3 rings (SSSR count). The van der Waals surface area contributed by atoms with E-state index in [0.29, 0.717) is 18.9 Å². The van der Waals surface area contributed by atoms with Gasteiger partial charge in [-0.15, -0.1) is 0 Å². The van der Waals surface area contributed by atoms with Crippen LogP contribution < -0.4 is 16.4 Å². The number of nitrogens with two attached hydrogens (primary N) is 1. The molecule has 26 heavy (non-hydrogen) atoms. The van der Waals surface area contributed by atoms with Crippen molar-refractivity contribution in [1.82, 2.24) is 10.6 Å². The molecule has 3 atom stereocenters. The number of benzene rings is 1. The molecule has 3 unspecified atom stereocenters. The van der Waals surface area contributed by atoms with Crippen molar-refractivity contribution in [3.63, 3.8) is 0 Å². The molecule has 4 N–H and O–H groups in total. The highest BCUT2D eigenvalue weighted by Gasteiger charge is 2.30. The van der Waals surface area contributed by atoms with E-state index in [0.717, 1.165) is 24.8 Å². The summed E-state index contributed by atoms with van der Waals surface area (Å²) < 4.78 is 5.13. The second kappa shape index (κ2) is 8.67. The number of rotatable bonds is 7. The molecule has 6 heteroatoms. The molecule has 0 spiro atoms. The number of nitrogens with one attached hydrogen (secondary N) is 2. The Balaban J connectivity index is 1.71. The molecule has 138 valence electrons. The molecule has 2 aromatic rings. The molecule has 0 saturated heterocycles. The minimum atomic E-state index is -0.672. The Hall–Kier alpha value is -2.60. The monoisotopic (exact) mass is 355 g/mol. The molecule has 1 saturated carbocycles. The molecule has 6 nitrogen and oxygen atoms in total. The summed E-state index contributed by atoms with van der Waals surface area (Å²) in [6.07, 6.45) is 4.88. The Labute approximate surface area is 153 Å². The summed E-state index contributed by atoms with van der Waals surface area (Å²) >= 11 is 0. The summed E-state index contributed by atoms with van der Waals surface area (Å²) in [6.45, 7) is 0.563. The van der Waals surface area contributed by atoms with Gasteiger partial charge in [0.25, 0.3) is 5.91 Å². The average molecular weight is 355 g/mol. The van der Waals surface area contributed by atoms with E-state index in [1.807, 2.05) is 30.3 Å². The molecule has 1 fully saturated rings. The Morgan fingerprint density at radius 3 is 2.65 bits per heavy atom. The summed E-state index contributed by atoms with van der Waals surface area (Å²) in [5, 5.41) is 5.89. The summed E-state index contributed by atoms with van der Waals surface area (Å²) in [6, 6.07) is 12.3.